The molecule has 0 saturated heterocycles. The summed E-state index contributed by atoms with van der Waals surface area (Å²) >= 11 is 0. The number of carbonyl (C=O) groups is 2. The predicted octanol–water partition coefficient (Wildman–Crippen LogP) is 2.07. The van der Waals surface area contributed by atoms with Crippen molar-refractivity contribution in [3.63, 3.8) is 0 Å². The fourth-order valence-corrected chi connectivity index (χ4v) is 2.24. The van der Waals surface area contributed by atoms with Gasteiger partial charge >= 0.3 is 5.97 Å². The van der Waals surface area contributed by atoms with E-state index < -0.39 is 18.5 Å². The second-order valence-corrected chi connectivity index (χ2v) is 5.59. The third-order valence-corrected chi connectivity index (χ3v) is 3.42. The van der Waals surface area contributed by atoms with Crippen molar-refractivity contribution in [2.24, 2.45) is 0 Å². The van der Waals surface area contributed by atoms with Gasteiger partial charge in [0.15, 0.2) is 12.3 Å². The third-order valence-electron chi connectivity index (χ3n) is 3.42. The van der Waals surface area contributed by atoms with Crippen molar-refractivity contribution in [2.45, 2.75) is 13.8 Å². The lowest BCUT2D eigenvalue weighted by Gasteiger charge is -2.09. The molecule has 0 unspecified atom stereocenters. The Morgan fingerprint density at radius 3 is 2.54 bits per heavy atom. The number of carbonyl (C=O) groups excluding carboxylic acids is 2. The smallest absolute Gasteiger partial charge is 0.359 e. The number of rotatable bonds is 5. The van der Waals surface area contributed by atoms with E-state index in [2.05, 4.69) is 20.4 Å². The van der Waals surface area contributed by atoms with E-state index in [-0.39, 0.29) is 5.69 Å². The zero-order chi connectivity index (χ0) is 18.5. The molecule has 1 amide bonds. The van der Waals surface area contributed by atoms with Crippen LogP contribution in [0.5, 0.6) is 0 Å². The molecule has 3 rings (SSSR count). The fourth-order valence-electron chi connectivity index (χ4n) is 2.24. The first-order chi connectivity index (χ1) is 12.5. The van der Waals surface area contributed by atoms with Crippen molar-refractivity contribution in [3.8, 4) is 5.69 Å². The van der Waals surface area contributed by atoms with Crippen LogP contribution in [0, 0.1) is 13.8 Å². The van der Waals surface area contributed by atoms with Crippen molar-refractivity contribution in [1.82, 2.24) is 19.7 Å². The number of amides is 1. The molecule has 132 valence electrons. The summed E-state index contributed by atoms with van der Waals surface area (Å²) in [4.78, 5) is 31.9. The topological polar surface area (TPSA) is 99.0 Å². The number of hydrogen-bond acceptors (Lipinski definition) is 6. The second kappa shape index (κ2) is 7.56. The molecule has 0 fully saturated rings. The summed E-state index contributed by atoms with van der Waals surface area (Å²) in [6.07, 6.45) is 2.77. The zero-order valence-corrected chi connectivity index (χ0v) is 14.3. The van der Waals surface area contributed by atoms with E-state index in [1.54, 1.807) is 17.7 Å². The number of ether oxygens (including phenoxy) is 1. The lowest BCUT2D eigenvalue weighted by molar-refractivity contribution is -0.119. The van der Waals surface area contributed by atoms with Crippen molar-refractivity contribution < 1.29 is 14.3 Å². The van der Waals surface area contributed by atoms with Crippen molar-refractivity contribution in [2.75, 3.05) is 11.9 Å². The molecule has 0 aliphatic heterocycles. The van der Waals surface area contributed by atoms with Gasteiger partial charge < -0.3 is 10.1 Å². The first-order valence-electron chi connectivity index (χ1n) is 7.90. The van der Waals surface area contributed by atoms with Crippen LogP contribution in [-0.4, -0.2) is 38.2 Å². The Bertz CT molecular complexity index is 920. The first-order valence-corrected chi connectivity index (χ1v) is 7.90. The summed E-state index contributed by atoms with van der Waals surface area (Å²) in [5.74, 6) is -0.694. The molecular formula is C18H17N5O3. The van der Waals surface area contributed by atoms with Gasteiger partial charge in [0.05, 0.1) is 23.3 Å². The predicted molar refractivity (Wildman–Crippen MR) is 94.0 cm³/mol. The van der Waals surface area contributed by atoms with Gasteiger partial charge in [0, 0.05) is 12.3 Å². The van der Waals surface area contributed by atoms with Gasteiger partial charge in [0.25, 0.3) is 5.91 Å². The lowest BCUT2D eigenvalue weighted by atomic mass is 10.3. The minimum Gasteiger partial charge on any atom is -0.451 e. The van der Waals surface area contributed by atoms with Crippen LogP contribution in [0.25, 0.3) is 5.69 Å². The standard InChI is InChI=1S/C18H17N5O3/c1-12-8-16(23(22-12)14-6-4-3-5-7-14)21-17(24)11-26-18(25)15-10-19-13(2)9-20-15/h3-10H,11H2,1-2H3,(H,21,24). The Labute approximate surface area is 149 Å². The van der Waals surface area contributed by atoms with E-state index in [4.69, 9.17) is 4.74 Å². The highest BCUT2D eigenvalue weighted by Gasteiger charge is 2.14. The minimum atomic E-state index is -0.708. The van der Waals surface area contributed by atoms with Gasteiger partial charge in [-0.05, 0) is 26.0 Å². The maximum Gasteiger partial charge on any atom is 0.359 e. The van der Waals surface area contributed by atoms with E-state index in [9.17, 15) is 9.59 Å². The number of nitrogens with zero attached hydrogens (tertiary/aromatic N) is 4. The number of hydrogen-bond donors (Lipinski definition) is 1. The van der Waals surface area contributed by atoms with Crippen LogP contribution < -0.4 is 5.32 Å². The minimum absolute atomic E-state index is 0.0496. The van der Waals surface area contributed by atoms with E-state index in [1.165, 1.54) is 12.4 Å². The summed E-state index contributed by atoms with van der Waals surface area (Å²) in [6, 6.07) is 11.1. The van der Waals surface area contributed by atoms with Crippen LogP contribution >= 0.6 is 0 Å². The van der Waals surface area contributed by atoms with Gasteiger partial charge in [0.1, 0.15) is 5.82 Å². The number of anilines is 1. The number of esters is 1. The van der Waals surface area contributed by atoms with Crippen molar-refractivity contribution in [3.05, 3.63) is 65.9 Å². The van der Waals surface area contributed by atoms with Crippen LogP contribution in [0.1, 0.15) is 21.9 Å². The molecule has 0 atom stereocenters. The summed E-state index contributed by atoms with van der Waals surface area (Å²) in [5.41, 5.74) is 2.29. The molecule has 1 aromatic carbocycles. The molecule has 26 heavy (non-hydrogen) atoms. The number of aromatic nitrogens is 4. The summed E-state index contributed by atoms with van der Waals surface area (Å²) in [7, 11) is 0. The number of benzene rings is 1. The molecule has 2 heterocycles. The first kappa shape index (κ1) is 17.3. The summed E-state index contributed by atoms with van der Waals surface area (Å²) in [6.45, 7) is 3.14. The second-order valence-electron chi connectivity index (χ2n) is 5.59. The Kier molecular flexibility index (Phi) is 5.02. The molecule has 1 N–H and O–H groups in total. The van der Waals surface area contributed by atoms with Gasteiger partial charge in [-0.25, -0.2) is 14.5 Å². The quantitative estimate of drug-likeness (QED) is 0.707. The van der Waals surface area contributed by atoms with Crippen LogP contribution in [0.15, 0.2) is 48.8 Å². The molecule has 8 heteroatoms. The molecule has 0 radical (unpaired) electrons. The van der Waals surface area contributed by atoms with Crippen LogP contribution in [-0.2, 0) is 9.53 Å². The molecule has 3 aromatic rings. The molecule has 0 spiro atoms. The normalized spacial score (nSPS) is 10.4. The lowest BCUT2D eigenvalue weighted by Crippen LogP contribution is -2.22. The Morgan fingerprint density at radius 1 is 1.08 bits per heavy atom. The number of aryl methyl sites for hydroxylation is 2. The van der Waals surface area contributed by atoms with E-state index in [1.807, 2.05) is 37.3 Å². The van der Waals surface area contributed by atoms with E-state index in [0.717, 1.165) is 11.4 Å². The molecule has 2 aromatic heterocycles. The maximum absolute atomic E-state index is 12.1. The van der Waals surface area contributed by atoms with Crippen LogP contribution in [0.3, 0.4) is 0 Å². The number of para-hydroxylation sites is 1. The zero-order valence-electron chi connectivity index (χ0n) is 14.3. The highest BCUT2D eigenvalue weighted by molar-refractivity contribution is 5.94. The number of nitrogens with one attached hydrogen (secondary N) is 1. The fraction of sp³-hybridized carbons (Fsp3) is 0.167. The molecule has 0 aliphatic rings. The van der Waals surface area contributed by atoms with Gasteiger partial charge in [-0.15, -0.1) is 0 Å². The highest BCUT2D eigenvalue weighted by Crippen LogP contribution is 2.16. The monoisotopic (exact) mass is 351 g/mol. The average Bonchev–Trinajstić information content (AvgIpc) is 3.01. The maximum atomic E-state index is 12.1. The van der Waals surface area contributed by atoms with Gasteiger partial charge in [-0.3, -0.25) is 9.78 Å². The van der Waals surface area contributed by atoms with E-state index in [0.29, 0.717) is 11.5 Å². The van der Waals surface area contributed by atoms with Crippen LogP contribution in [0.4, 0.5) is 5.82 Å². The van der Waals surface area contributed by atoms with Gasteiger partial charge in [0.2, 0.25) is 0 Å². The largest absolute Gasteiger partial charge is 0.451 e. The van der Waals surface area contributed by atoms with Gasteiger partial charge in [-0.1, -0.05) is 18.2 Å². The van der Waals surface area contributed by atoms with Crippen molar-refractivity contribution in [1.29, 1.82) is 0 Å². The average molecular weight is 351 g/mol. The van der Waals surface area contributed by atoms with Crippen molar-refractivity contribution >= 4 is 17.7 Å². The molecular weight excluding hydrogens is 334 g/mol. The third kappa shape index (κ3) is 4.10. The Balaban J connectivity index is 1.64. The molecule has 0 bridgehead atoms. The van der Waals surface area contributed by atoms with E-state index >= 15 is 0 Å². The molecule has 0 saturated carbocycles. The van der Waals surface area contributed by atoms with Crippen LogP contribution in [0.2, 0.25) is 0 Å². The Morgan fingerprint density at radius 2 is 1.85 bits per heavy atom. The Hall–Kier alpha value is -3.55. The molecule has 8 nitrogen and oxygen atoms in total. The summed E-state index contributed by atoms with van der Waals surface area (Å²) in [5, 5.41) is 7.05. The SMILES string of the molecule is Cc1cnc(C(=O)OCC(=O)Nc2cc(C)nn2-c2ccccc2)cn1. The highest BCUT2D eigenvalue weighted by atomic mass is 16.5. The molecule has 0 aliphatic carbocycles. The summed E-state index contributed by atoms with van der Waals surface area (Å²) < 4.78 is 6.58. The van der Waals surface area contributed by atoms with Gasteiger partial charge in [-0.2, -0.15) is 5.10 Å².